The van der Waals surface area contributed by atoms with Crippen molar-refractivity contribution in [2.45, 2.75) is 4.90 Å². The molecule has 0 atom stereocenters. The number of phenolic OH excluding ortho intramolecular Hbond substituents is 1. The maximum atomic E-state index is 8.91. The molecule has 0 saturated carbocycles. The summed E-state index contributed by atoms with van der Waals surface area (Å²) in [5.41, 5.74) is 0. The summed E-state index contributed by atoms with van der Waals surface area (Å²) >= 11 is 3.20. The van der Waals surface area contributed by atoms with Gasteiger partial charge >= 0.3 is 0 Å². The largest absolute Gasteiger partial charge is 0.508 e. The third kappa shape index (κ3) is 1.91. The van der Waals surface area contributed by atoms with Crippen molar-refractivity contribution < 1.29 is 5.11 Å². The Hall–Kier alpha value is -0.150. The van der Waals surface area contributed by atoms with E-state index in [1.807, 2.05) is 6.07 Å². The lowest BCUT2D eigenvalue weighted by atomic mass is 10.3. The number of aromatic hydroxyl groups is 1. The Morgan fingerprint density at radius 2 is 2.22 bits per heavy atom. The van der Waals surface area contributed by atoms with E-state index in [0.29, 0.717) is 5.75 Å². The molecule has 1 aromatic rings. The molecule has 1 rings (SSSR count). The van der Waals surface area contributed by atoms with E-state index in [0.717, 1.165) is 4.90 Å². The molecule has 0 radical (unpaired) electrons. The van der Waals surface area contributed by atoms with Crippen molar-refractivity contribution in [3.05, 3.63) is 24.3 Å². The average Bonchev–Trinajstić information content (AvgIpc) is 1.88. The van der Waals surface area contributed by atoms with Crippen LogP contribution in [0.25, 0.3) is 0 Å². The van der Waals surface area contributed by atoms with Gasteiger partial charge in [0, 0.05) is 4.90 Å². The molecule has 0 aliphatic rings. The van der Waals surface area contributed by atoms with Crippen molar-refractivity contribution in [1.82, 2.24) is 0 Å². The van der Waals surface area contributed by atoms with Crippen molar-refractivity contribution in [1.29, 1.82) is 0 Å². The van der Waals surface area contributed by atoms with E-state index in [2.05, 4.69) is 14.8 Å². The lowest BCUT2D eigenvalue weighted by molar-refractivity contribution is 0.474. The molecule has 0 bridgehead atoms. The van der Waals surface area contributed by atoms with Gasteiger partial charge in [0.1, 0.15) is 5.75 Å². The molecule has 1 nitrogen and oxygen atoms in total. The fraction of sp³-hybridized carbons (Fsp3) is 0. The molecule has 0 spiro atoms. The van der Waals surface area contributed by atoms with Gasteiger partial charge in [0.05, 0.1) is 0 Å². The third-order valence-electron chi connectivity index (χ3n) is 0.907. The van der Waals surface area contributed by atoms with E-state index in [-0.39, 0.29) is 0 Å². The Bertz CT molecular complexity index is 202. The van der Waals surface area contributed by atoms with Crippen LogP contribution in [0, 0.1) is 0 Å². The molecule has 0 heterocycles. The van der Waals surface area contributed by atoms with Gasteiger partial charge in [0.15, 0.2) is 0 Å². The minimum atomic E-state index is 0.305. The molecular formula is C6H5BrOS. The lowest BCUT2D eigenvalue weighted by Crippen LogP contribution is -1.64. The highest BCUT2D eigenvalue weighted by atomic mass is 79.9. The first-order valence-corrected chi connectivity index (χ1v) is 5.06. The van der Waals surface area contributed by atoms with Crippen LogP contribution in [0.15, 0.2) is 29.2 Å². The Labute approximate surface area is 65.3 Å². The Kier molecular flexibility index (Phi) is 2.42. The SMILES string of the molecule is Oc1cccc(SBr)c1. The van der Waals surface area contributed by atoms with Gasteiger partial charge in [0.25, 0.3) is 0 Å². The van der Waals surface area contributed by atoms with E-state index < -0.39 is 0 Å². The molecule has 9 heavy (non-hydrogen) atoms. The van der Waals surface area contributed by atoms with Crippen LogP contribution in [0.4, 0.5) is 0 Å². The van der Waals surface area contributed by atoms with Crippen molar-refractivity contribution in [2.24, 2.45) is 0 Å². The first-order chi connectivity index (χ1) is 4.33. The second-order valence-corrected chi connectivity index (χ2v) is 3.17. The molecule has 0 aromatic heterocycles. The van der Waals surface area contributed by atoms with E-state index in [9.17, 15) is 0 Å². The summed E-state index contributed by atoms with van der Waals surface area (Å²) in [7, 11) is 1.44. The molecule has 0 aliphatic carbocycles. The molecule has 48 valence electrons. The molecule has 1 N–H and O–H groups in total. The zero-order valence-corrected chi connectivity index (χ0v) is 6.95. The normalized spacial score (nSPS) is 9.44. The highest BCUT2D eigenvalue weighted by Gasteiger charge is 1.89. The van der Waals surface area contributed by atoms with E-state index in [1.165, 1.54) is 10.2 Å². The summed E-state index contributed by atoms with van der Waals surface area (Å²) in [4.78, 5) is 1.01. The first-order valence-electron chi connectivity index (χ1n) is 2.40. The first kappa shape index (κ1) is 6.96. The standard InChI is InChI=1S/C6H5BrOS/c7-9-6-3-1-2-5(8)4-6/h1-4,8H. The van der Waals surface area contributed by atoms with Crippen molar-refractivity contribution in [2.75, 3.05) is 0 Å². The Morgan fingerprint density at radius 1 is 1.44 bits per heavy atom. The van der Waals surface area contributed by atoms with Crippen LogP contribution >= 0.6 is 25.0 Å². The Morgan fingerprint density at radius 3 is 2.67 bits per heavy atom. The summed E-state index contributed by atoms with van der Waals surface area (Å²) in [6, 6.07) is 7.06. The monoisotopic (exact) mass is 204 g/mol. The molecule has 0 amide bonds. The van der Waals surface area contributed by atoms with Gasteiger partial charge in [-0.05, 0) is 43.2 Å². The van der Waals surface area contributed by atoms with Crippen LogP contribution in [0.3, 0.4) is 0 Å². The van der Waals surface area contributed by atoms with Gasteiger partial charge in [0.2, 0.25) is 0 Å². The number of halogens is 1. The van der Waals surface area contributed by atoms with Crippen molar-refractivity contribution in [3.63, 3.8) is 0 Å². The maximum absolute atomic E-state index is 8.91. The molecule has 0 fully saturated rings. The van der Waals surface area contributed by atoms with Crippen molar-refractivity contribution in [3.8, 4) is 5.75 Å². The Balaban J connectivity index is 2.94. The van der Waals surface area contributed by atoms with Gasteiger partial charge in [-0.15, -0.1) is 0 Å². The predicted molar refractivity (Wildman–Crippen MR) is 42.9 cm³/mol. The highest BCUT2D eigenvalue weighted by molar-refractivity contribution is 9.50. The summed E-state index contributed by atoms with van der Waals surface area (Å²) in [6.07, 6.45) is 0. The molecule has 1 aromatic carbocycles. The average molecular weight is 205 g/mol. The highest BCUT2D eigenvalue weighted by Crippen LogP contribution is 2.26. The molecule has 3 heteroatoms. The molecular weight excluding hydrogens is 200 g/mol. The van der Waals surface area contributed by atoms with Gasteiger partial charge in [-0.3, -0.25) is 0 Å². The second-order valence-electron chi connectivity index (χ2n) is 1.57. The summed E-state index contributed by atoms with van der Waals surface area (Å²) in [5.74, 6) is 0.305. The zero-order valence-electron chi connectivity index (χ0n) is 4.54. The fourth-order valence-electron chi connectivity index (χ4n) is 0.532. The van der Waals surface area contributed by atoms with Crippen LogP contribution in [0.1, 0.15) is 0 Å². The van der Waals surface area contributed by atoms with Gasteiger partial charge in [-0.1, -0.05) is 6.07 Å². The van der Waals surface area contributed by atoms with Crippen LogP contribution in [-0.4, -0.2) is 5.11 Å². The summed E-state index contributed by atoms with van der Waals surface area (Å²) < 4.78 is 0. The van der Waals surface area contributed by atoms with Crippen LogP contribution in [0.5, 0.6) is 5.75 Å². The zero-order chi connectivity index (χ0) is 6.69. The van der Waals surface area contributed by atoms with Crippen LogP contribution < -0.4 is 0 Å². The van der Waals surface area contributed by atoms with Crippen LogP contribution in [-0.2, 0) is 0 Å². The van der Waals surface area contributed by atoms with E-state index in [1.54, 1.807) is 18.2 Å². The number of hydrogen-bond donors (Lipinski definition) is 1. The predicted octanol–water partition coefficient (Wildman–Crippen LogP) is 2.79. The molecule has 0 unspecified atom stereocenters. The smallest absolute Gasteiger partial charge is 0.116 e. The van der Waals surface area contributed by atoms with Gasteiger partial charge in [-0.25, -0.2) is 0 Å². The van der Waals surface area contributed by atoms with Gasteiger partial charge < -0.3 is 5.11 Å². The number of hydrogen-bond acceptors (Lipinski definition) is 2. The molecule has 0 aliphatic heterocycles. The van der Waals surface area contributed by atoms with Crippen LogP contribution in [0.2, 0.25) is 0 Å². The lowest BCUT2D eigenvalue weighted by Gasteiger charge is -1.92. The number of phenols is 1. The fourth-order valence-corrected chi connectivity index (χ4v) is 1.43. The van der Waals surface area contributed by atoms with E-state index in [4.69, 9.17) is 5.11 Å². The molecule has 0 saturated heterocycles. The summed E-state index contributed by atoms with van der Waals surface area (Å²) in [5, 5.41) is 8.91. The maximum Gasteiger partial charge on any atom is 0.116 e. The quantitative estimate of drug-likeness (QED) is 0.760. The van der Waals surface area contributed by atoms with Crippen molar-refractivity contribution >= 4 is 25.0 Å². The third-order valence-corrected chi connectivity index (χ3v) is 2.46. The van der Waals surface area contributed by atoms with E-state index >= 15 is 0 Å². The van der Waals surface area contributed by atoms with Gasteiger partial charge in [-0.2, -0.15) is 0 Å². The second kappa shape index (κ2) is 3.13. The number of benzene rings is 1. The topological polar surface area (TPSA) is 20.2 Å². The number of rotatable bonds is 1. The minimum Gasteiger partial charge on any atom is -0.508 e. The summed E-state index contributed by atoms with van der Waals surface area (Å²) in [6.45, 7) is 0. The minimum absolute atomic E-state index is 0.305.